The molecule has 0 unspecified atom stereocenters. The largest absolute Gasteiger partial charge is 0.384 e. The molecule has 0 heterocycles. The van der Waals surface area contributed by atoms with Crippen molar-refractivity contribution < 1.29 is 4.39 Å². The molecule has 1 rings (SSSR count). The predicted molar refractivity (Wildman–Crippen MR) is 68.5 cm³/mol. The Morgan fingerprint density at radius 2 is 2.18 bits per heavy atom. The van der Waals surface area contributed by atoms with Gasteiger partial charge in [-0.15, -0.1) is 0 Å². The normalized spacial score (nSPS) is 11.0. The second kappa shape index (κ2) is 5.88. The third-order valence-corrected chi connectivity index (χ3v) is 2.84. The highest BCUT2D eigenvalue weighted by Gasteiger charge is 2.15. The Balaban J connectivity index is 2.39. The lowest BCUT2D eigenvalue weighted by Crippen LogP contribution is -2.11. The lowest BCUT2D eigenvalue weighted by atomic mass is 9.90. The molecule has 0 fully saturated rings. The summed E-state index contributed by atoms with van der Waals surface area (Å²) in [5.74, 6) is -0.342. The molecule has 4 heteroatoms. The number of benzene rings is 1. The monoisotopic (exact) mass is 254 g/mol. The lowest BCUT2D eigenvalue weighted by Gasteiger charge is -2.15. The first-order valence-electron chi connectivity index (χ1n) is 5.55. The zero-order valence-corrected chi connectivity index (χ0v) is 10.8. The Morgan fingerprint density at radius 1 is 1.47 bits per heavy atom. The van der Waals surface area contributed by atoms with Crippen LogP contribution in [-0.2, 0) is 0 Å². The van der Waals surface area contributed by atoms with Crippen molar-refractivity contribution in [1.82, 2.24) is 0 Å². The maximum Gasteiger partial charge on any atom is 0.124 e. The first-order valence-corrected chi connectivity index (χ1v) is 5.92. The van der Waals surface area contributed by atoms with Crippen molar-refractivity contribution >= 4 is 17.3 Å². The Bertz CT molecular complexity index is 424. The zero-order valence-electron chi connectivity index (χ0n) is 10.1. The fourth-order valence-electron chi connectivity index (χ4n) is 1.44. The van der Waals surface area contributed by atoms with E-state index >= 15 is 0 Å². The molecule has 1 aromatic carbocycles. The minimum atomic E-state index is -0.342. The summed E-state index contributed by atoms with van der Waals surface area (Å²) in [5, 5.41) is 12.4. The highest BCUT2D eigenvalue weighted by atomic mass is 35.5. The molecule has 0 saturated heterocycles. The molecule has 0 aliphatic heterocycles. The average Bonchev–Trinajstić information content (AvgIpc) is 2.27. The van der Waals surface area contributed by atoms with E-state index in [1.165, 1.54) is 12.1 Å². The molecular formula is C13H16ClFN2. The van der Waals surface area contributed by atoms with Crippen molar-refractivity contribution in [2.45, 2.75) is 26.7 Å². The summed E-state index contributed by atoms with van der Waals surface area (Å²) in [6, 6.07) is 6.52. The summed E-state index contributed by atoms with van der Waals surface area (Å²) < 4.78 is 12.8. The number of nitrogens with one attached hydrogen (secondary N) is 1. The molecule has 0 aromatic heterocycles. The standard InChI is InChI=1S/C13H16ClFN2/c1-13(2,9-16)6-3-7-17-12-5-4-10(15)8-11(12)14/h4-5,8,17H,3,6-7H2,1-2H3. The van der Waals surface area contributed by atoms with Crippen LogP contribution in [0.5, 0.6) is 0 Å². The number of hydrogen-bond donors (Lipinski definition) is 1. The van der Waals surface area contributed by atoms with Gasteiger partial charge in [-0.1, -0.05) is 11.6 Å². The number of nitrogens with zero attached hydrogens (tertiary/aromatic N) is 1. The Kier molecular flexibility index (Phi) is 4.77. The number of nitriles is 1. The van der Waals surface area contributed by atoms with Crippen molar-refractivity contribution in [2.24, 2.45) is 5.41 Å². The van der Waals surface area contributed by atoms with E-state index in [0.717, 1.165) is 25.1 Å². The minimum Gasteiger partial charge on any atom is -0.384 e. The third-order valence-electron chi connectivity index (χ3n) is 2.53. The van der Waals surface area contributed by atoms with Gasteiger partial charge in [-0.2, -0.15) is 5.26 Å². The van der Waals surface area contributed by atoms with Gasteiger partial charge in [-0.05, 0) is 44.9 Å². The highest BCUT2D eigenvalue weighted by molar-refractivity contribution is 6.33. The summed E-state index contributed by atoms with van der Waals surface area (Å²) in [5.41, 5.74) is 0.427. The van der Waals surface area contributed by atoms with Crippen LogP contribution in [0.2, 0.25) is 5.02 Å². The molecule has 0 atom stereocenters. The number of rotatable bonds is 5. The average molecular weight is 255 g/mol. The number of anilines is 1. The van der Waals surface area contributed by atoms with Crippen molar-refractivity contribution in [1.29, 1.82) is 5.26 Å². The predicted octanol–water partition coefficient (Wildman–Crippen LogP) is 4.22. The van der Waals surface area contributed by atoms with Crippen LogP contribution in [0.15, 0.2) is 18.2 Å². The zero-order chi connectivity index (χ0) is 12.9. The molecule has 2 nitrogen and oxygen atoms in total. The van der Waals surface area contributed by atoms with Gasteiger partial charge in [0, 0.05) is 6.54 Å². The van der Waals surface area contributed by atoms with Crippen LogP contribution < -0.4 is 5.32 Å². The lowest BCUT2D eigenvalue weighted by molar-refractivity contribution is 0.441. The van der Waals surface area contributed by atoms with Crippen molar-refractivity contribution in [3.63, 3.8) is 0 Å². The van der Waals surface area contributed by atoms with Crippen LogP contribution in [0.3, 0.4) is 0 Å². The van der Waals surface area contributed by atoms with E-state index in [-0.39, 0.29) is 11.2 Å². The van der Waals surface area contributed by atoms with Gasteiger partial charge < -0.3 is 5.32 Å². The molecular weight excluding hydrogens is 239 g/mol. The van der Waals surface area contributed by atoms with E-state index < -0.39 is 0 Å². The first kappa shape index (κ1) is 13.8. The SMILES string of the molecule is CC(C)(C#N)CCCNc1ccc(F)cc1Cl. The second-order valence-electron chi connectivity index (χ2n) is 4.65. The summed E-state index contributed by atoms with van der Waals surface area (Å²) in [4.78, 5) is 0. The van der Waals surface area contributed by atoms with Crippen LogP contribution in [0.4, 0.5) is 10.1 Å². The minimum absolute atomic E-state index is 0.297. The second-order valence-corrected chi connectivity index (χ2v) is 5.06. The molecule has 1 N–H and O–H groups in total. The van der Waals surface area contributed by atoms with Gasteiger partial charge >= 0.3 is 0 Å². The van der Waals surface area contributed by atoms with Gasteiger partial charge in [-0.25, -0.2) is 4.39 Å². The first-order chi connectivity index (χ1) is 7.94. The van der Waals surface area contributed by atoms with Crippen LogP contribution in [0.1, 0.15) is 26.7 Å². The molecule has 0 bridgehead atoms. The van der Waals surface area contributed by atoms with Gasteiger partial charge in [0.25, 0.3) is 0 Å². The van der Waals surface area contributed by atoms with Crippen molar-refractivity contribution in [3.8, 4) is 6.07 Å². The van der Waals surface area contributed by atoms with E-state index in [1.807, 2.05) is 13.8 Å². The molecule has 0 aliphatic rings. The molecule has 0 amide bonds. The van der Waals surface area contributed by atoms with Gasteiger partial charge in [0.2, 0.25) is 0 Å². The fraction of sp³-hybridized carbons (Fsp3) is 0.462. The van der Waals surface area contributed by atoms with E-state index in [0.29, 0.717) is 5.02 Å². The Morgan fingerprint density at radius 3 is 2.76 bits per heavy atom. The molecule has 0 spiro atoms. The van der Waals surface area contributed by atoms with Gasteiger partial charge in [0.15, 0.2) is 0 Å². The maximum atomic E-state index is 12.8. The highest BCUT2D eigenvalue weighted by Crippen LogP contribution is 2.24. The Hall–Kier alpha value is -1.27. The van der Waals surface area contributed by atoms with E-state index in [4.69, 9.17) is 16.9 Å². The maximum absolute atomic E-state index is 12.8. The molecule has 0 saturated carbocycles. The van der Waals surface area contributed by atoms with E-state index in [9.17, 15) is 4.39 Å². The molecule has 1 aromatic rings. The topological polar surface area (TPSA) is 35.8 Å². The van der Waals surface area contributed by atoms with E-state index in [2.05, 4.69) is 11.4 Å². The van der Waals surface area contributed by atoms with Crippen LogP contribution in [0.25, 0.3) is 0 Å². The summed E-state index contributed by atoms with van der Waals surface area (Å²) >= 11 is 5.87. The summed E-state index contributed by atoms with van der Waals surface area (Å²) in [7, 11) is 0. The molecule has 0 aliphatic carbocycles. The van der Waals surface area contributed by atoms with Gasteiger partial charge in [0.05, 0.1) is 22.2 Å². The van der Waals surface area contributed by atoms with Gasteiger partial charge in [0.1, 0.15) is 5.82 Å². The molecule has 17 heavy (non-hydrogen) atoms. The van der Waals surface area contributed by atoms with Crippen molar-refractivity contribution in [3.05, 3.63) is 29.0 Å². The third kappa shape index (κ3) is 4.62. The van der Waals surface area contributed by atoms with E-state index in [1.54, 1.807) is 6.07 Å². The van der Waals surface area contributed by atoms with Crippen LogP contribution in [0, 0.1) is 22.6 Å². The number of hydrogen-bond acceptors (Lipinski definition) is 2. The molecule has 0 radical (unpaired) electrons. The summed E-state index contributed by atoms with van der Waals surface area (Å²) in [6.45, 7) is 4.55. The quantitative estimate of drug-likeness (QED) is 0.799. The van der Waals surface area contributed by atoms with Crippen LogP contribution >= 0.6 is 11.6 Å². The van der Waals surface area contributed by atoms with Crippen LogP contribution in [-0.4, -0.2) is 6.54 Å². The smallest absolute Gasteiger partial charge is 0.124 e. The van der Waals surface area contributed by atoms with Gasteiger partial charge in [-0.3, -0.25) is 0 Å². The summed E-state index contributed by atoms with van der Waals surface area (Å²) in [6.07, 6.45) is 1.68. The van der Waals surface area contributed by atoms with Crippen molar-refractivity contribution in [2.75, 3.05) is 11.9 Å². The molecule has 92 valence electrons. The fourth-order valence-corrected chi connectivity index (χ4v) is 1.68. The Labute approximate surface area is 106 Å². The number of halogens is 2.